The van der Waals surface area contributed by atoms with Gasteiger partial charge in [0.1, 0.15) is 5.75 Å². The van der Waals surface area contributed by atoms with Gasteiger partial charge in [-0.2, -0.15) is 0 Å². The Balaban J connectivity index is 1.86. The van der Waals surface area contributed by atoms with Crippen LogP contribution >= 0.6 is 34.7 Å². The summed E-state index contributed by atoms with van der Waals surface area (Å²) in [6.45, 7) is 1.67. The molecule has 9 heteroatoms. The number of aromatic nitrogens is 1. The molecule has 23 heavy (non-hydrogen) atoms. The second-order valence-electron chi connectivity index (χ2n) is 4.44. The molecule has 0 radical (unpaired) electrons. The van der Waals surface area contributed by atoms with E-state index in [1.165, 1.54) is 23.1 Å². The van der Waals surface area contributed by atoms with Crippen molar-refractivity contribution in [1.29, 1.82) is 0 Å². The lowest BCUT2D eigenvalue weighted by molar-refractivity contribution is -0.118. The Morgan fingerprint density at radius 3 is 2.74 bits per heavy atom. The smallest absolute Gasteiger partial charge is 0.264 e. The second-order valence-corrected chi connectivity index (χ2v) is 7.12. The van der Waals surface area contributed by atoms with Crippen molar-refractivity contribution < 1.29 is 14.3 Å². The molecule has 0 aliphatic carbocycles. The molecule has 0 bridgehead atoms. The Labute approximate surface area is 146 Å². The summed E-state index contributed by atoms with van der Waals surface area (Å²) in [5.74, 6) is 0.0123. The first kappa shape index (κ1) is 17.6. The first-order valence-electron chi connectivity index (χ1n) is 6.51. The summed E-state index contributed by atoms with van der Waals surface area (Å²) in [4.78, 5) is 26.9. The maximum Gasteiger partial charge on any atom is 0.264 e. The number of halogens is 1. The maximum absolute atomic E-state index is 11.9. The summed E-state index contributed by atoms with van der Waals surface area (Å²) in [6, 6.07) is 6.73. The third-order valence-electron chi connectivity index (χ3n) is 2.53. The second kappa shape index (κ2) is 8.19. The fourth-order valence-corrected chi connectivity index (χ4v) is 3.56. The van der Waals surface area contributed by atoms with Gasteiger partial charge in [-0.15, -0.1) is 11.8 Å². The summed E-state index contributed by atoms with van der Waals surface area (Å²) < 4.78 is 6.20. The van der Waals surface area contributed by atoms with E-state index in [1.807, 2.05) is 0 Å². The van der Waals surface area contributed by atoms with Crippen molar-refractivity contribution in [3.8, 4) is 5.75 Å². The van der Waals surface area contributed by atoms with Gasteiger partial charge >= 0.3 is 0 Å². The Kier molecular flexibility index (Phi) is 6.26. The van der Waals surface area contributed by atoms with Crippen LogP contribution in [0, 0.1) is 6.92 Å². The number of carbonyl (C=O) groups excluding carboxylic acids is 2. The topological polar surface area (TPSA) is 94.3 Å². The predicted octanol–water partition coefficient (Wildman–Crippen LogP) is 2.70. The molecule has 2 amide bonds. The average Bonchev–Trinajstić information content (AvgIpc) is 2.84. The number of rotatable bonds is 7. The number of hydrogen-bond acceptors (Lipinski definition) is 6. The van der Waals surface area contributed by atoms with Crippen LogP contribution in [-0.2, 0) is 9.59 Å². The van der Waals surface area contributed by atoms with Crippen LogP contribution in [0.3, 0.4) is 0 Å². The van der Waals surface area contributed by atoms with Crippen LogP contribution < -0.4 is 15.8 Å². The third kappa shape index (κ3) is 5.74. The highest BCUT2D eigenvalue weighted by Crippen LogP contribution is 2.31. The summed E-state index contributed by atoms with van der Waals surface area (Å²) in [5, 5.41) is 3.72. The zero-order valence-corrected chi connectivity index (χ0v) is 14.6. The van der Waals surface area contributed by atoms with E-state index >= 15 is 0 Å². The van der Waals surface area contributed by atoms with E-state index in [2.05, 4.69) is 10.3 Å². The number of nitrogens with two attached hydrogens (primary N) is 1. The van der Waals surface area contributed by atoms with E-state index in [-0.39, 0.29) is 18.3 Å². The average molecular weight is 372 g/mol. The van der Waals surface area contributed by atoms with Gasteiger partial charge in [-0.25, -0.2) is 4.98 Å². The predicted molar refractivity (Wildman–Crippen MR) is 92.3 cm³/mol. The SMILES string of the molecule is Cc1nc(NC(=O)COc2ccc(Cl)cc2)sc1SCC(N)=O. The first-order valence-corrected chi connectivity index (χ1v) is 8.69. The van der Waals surface area contributed by atoms with E-state index in [4.69, 9.17) is 22.1 Å². The van der Waals surface area contributed by atoms with Crippen LogP contribution in [-0.4, -0.2) is 29.2 Å². The van der Waals surface area contributed by atoms with E-state index in [9.17, 15) is 9.59 Å². The normalized spacial score (nSPS) is 10.3. The lowest BCUT2D eigenvalue weighted by atomic mass is 10.3. The summed E-state index contributed by atoms with van der Waals surface area (Å²) in [6.07, 6.45) is 0. The van der Waals surface area contributed by atoms with Crippen LogP contribution in [0.25, 0.3) is 0 Å². The fourth-order valence-electron chi connectivity index (χ4n) is 1.54. The van der Waals surface area contributed by atoms with Crippen LogP contribution in [0.1, 0.15) is 5.69 Å². The van der Waals surface area contributed by atoms with Crippen LogP contribution in [0.4, 0.5) is 5.13 Å². The minimum atomic E-state index is -0.398. The number of carbonyl (C=O) groups is 2. The van der Waals surface area contributed by atoms with Gasteiger partial charge in [0.15, 0.2) is 11.7 Å². The molecule has 1 aromatic heterocycles. The molecule has 2 aromatic rings. The van der Waals surface area contributed by atoms with Crippen molar-refractivity contribution in [1.82, 2.24) is 4.98 Å². The van der Waals surface area contributed by atoms with Crippen molar-refractivity contribution in [2.75, 3.05) is 17.7 Å². The molecule has 0 unspecified atom stereocenters. The van der Waals surface area contributed by atoms with Gasteiger partial charge in [-0.1, -0.05) is 22.9 Å². The Hall–Kier alpha value is -1.77. The van der Waals surface area contributed by atoms with Crippen molar-refractivity contribution >= 4 is 51.6 Å². The standard InChI is InChI=1S/C14H14ClN3O3S2/c1-8-13(22-7-11(16)19)23-14(17-8)18-12(20)6-21-10-4-2-9(15)3-5-10/h2-5H,6-7H2,1H3,(H2,16,19)(H,17,18,20). The zero-order chi connectivity index (χ0) is 16.8. The Bertz CT molecular complexity index is 704. The molecular weight excluding hydrogens is 358 g/mol. The molecule has 0 atom stereocenters. The highest BCUT2D eigenvalue weighted by atomic mass is 35.5. The molecule has 0 aliphatic heterocycles. The van der Waals surface area contributed by atoms with Gasteiger partial charge in [0.25, 0.3) is 5.91 Å². The number of ether oxygens (including phenoxy) is 1. The number of aryl methyl sites for hydroxylation is 1. The van der Waals surface area contributed by atoms with Gasteiger partial charge < -0.3 is 10.5 Å². The van der Waals surface area contributed by atoms with Gasteiger partial charge in [0, 0.05) is 5.02 Å². The molecule has 0 fully saturated rings. The summed E-state index contributed by atoms with van der Waals surface area (Å²) >= 11 is 8.37. The lowest BCUT2D eigenvalue weighted by Crippen LogP contribution is -2.20. The minimum absolute atomic E-state index is 0.135. The number of benzene rings is 1. The van der Waals surface area contributed by atoms with Crippen molar-refractivity contribution in [2.45, 2.75) is 11.1 Å². The van der Waals surface area contributed by atoms with Gasteiger partial charge in [0.2, 0.25) is 5.91 Å². The van der Waals surface area contributed by atoms with E-state index in [0.29, 0.717) is 15.9 Å². The number of anilines is 1. The Morgan fingerprint density at radius 2 is 2.09 bits per heavy atom. The minimum Gasteiger partial charge on any atom is -0.484 e. The quantitative estimate of drug-likeness (QED) is 0.730. The monoisotopic (exact) mass is 371 g/mol. The van der Waals surface area contributed by atoms with E-state index in [1.54, 1.807) is 31.2 Å². The molecule has 6 nitrogen and oxygen atoms in total. The molecule has 0 saturated heterocycles. The van der Waals surface area contributed by atoms with Crippen LogP contribution in [0.5, 0.6) is 5.75 Å². The number of amides is 2. The highest BCUT2D eigenvalue weighted by molar-refractivity contribution is 8.01. The molecule has 1 aromatic carbocycles. The number of primary amides is 1. The zero-order valence-electron chi connectivity index (χ0n) is 12.2. The Morgan fingerprint density at radius 1 is 1.39 bits per heavy atom. The fraction of sp³-hybridized carbons (Fsp3) is 0.214. The molecule has 2 rings (SSSR count). The molecular formula is C14H14ClN3O3S2. The highest BCUT2D eigenvalue weighted by Gasteiger charge is 2.12. The molecule has 0 aliphatic rings. The third-order valence-corrected chi connectivity index (χ3v) is 5.24. The first-order chi connectivity index (χ1) is 10.9. The summed E-state index contributed by atoms with van der Waals surface area (Å²) in [7, 11) is 0. The number of nitrogens with one attached hydrogen (secondary N) is 1. The van der Waals surface area contributed by atoms with Crippen molar-refractivity contribution in [3.63, 3.8) is 0 Å². The number of nitrogens with zero attached hydrogens (tertiary/aromatic N) is 1. The lowest BCUT2D eigenvalue weighted by Gasteiger charge is -2.05. The van der Waals surface area contributed by atoms with Crippen LogP contribution in [0.2, 0.25) is 5.02 Å². The largest absolute Gasteiger partial charge is 0.484 e. The molecule has 0 spiro atoms. The van der Waals surface area contributed by atoms with E-state index < -0.39 is 5.91 Å². The number of hydrogen-bond donors (Lipinski definition) is 2. The van der Waals surface area contributed by atoms with Crippen molar-refractivity contribution in [2.24, 2.45) is 5.73 Å². The molecule has 0 saturated carbocycles. The summed E-state index contributed by atoms with van der Waals surface area (Å²) in [5.41, 5.74) is 5.86. The molecule has 1 heterocycles. The van der Waals surface area contributed by atoms with E-state index in [0.717, 1.165) is 9.90 Å². The number of thioether (sulfide) groups is 1. The van der Waals surface area contributed by atoms with Gasteiger partial charge in [-0.05, 0) is 31.2 Å². The molecule has 122 valence electrons. The van der Waals surface area contributed by atoms with Crippen LogP contribution in [0.15, 0.2) is 28.5 Å². The van der Waals surface area contributed by atoms with Gasteiger partial charge in [-0.3, -0.25) is 14.9 Å². The van der Waals surface area contributed by atoms with Crippen molar-refractivity contribution in [3.05, 3.63) is 35.0 Å². The maximum atomic E-state index is 11.9. The molecule has 3 N–H and O–H groups in total. The number of thiazole rings is 1. The van der Waals surface area contributed by atoms with Gasteiger partial charge in [0.05, 0.1) is 15.7 Å².